The first kappa shape index (κ1) is 15.7. The summed E-state index contributed by atoms with van der Waals surface area (Å²) in [5.74, 6) is 3.08. The first-order valence-corrected chi connectivity index (χ1v) is 2.53. The van der Waals surface area contributed by atoms with E-state index in [4.69, 9.17) is 0 Å². The van der Waals surface area contributed by atoms with Gasteiger partial charge in [0.2, 0.25) is 0 Å². The van der Waals surface area contributed by atoms with E-state index < -0.39 is 0 Å². The Balaban J connectivity index is -0.000000125. The van der Waals surface area contributed by atoms with Crippen LogP contribution in [0.25, 0.3) is 0 Å². The Morgan fingerprint density at radius 2 is 2.00 bits per heavy atom. The molecule has 0 bridgehead atoms. The summed E-state index contributed by atoms with van der Waals surface area (Å²) in [6.45, 7) is 5.67. The highest BCUT2D eigenvalue weighted by Crippen LogP contribution is 1.65. The highest BCUT2D eigenvalue weighted by molar-refractivity contribution is 6.37. The molecule has 0 saturated carbocycles. The van der Waals surface area contributed by atoms with Crippen LogP contribution in [-0.2, 0) is 0 Å². The predicted molar refractivity (Wildman–Crippen MR) is 45.9 cm³/mol. The Morgan fingerprint density at radius 3 is 2.12 bits per heavy atom. The smallest absolute Gasteiger partial charge is 0.147 e. The largest absolute Gasteiger partial charge is 0.180 e. The fourth-order valence-electron chi connectivity index (χ4n) is 0.285. The third kappa shape index (κ3) is 18.0. The molecule has 48 valence electrons. The zero-order valence-electron chi connectivity index (χ0n) is 4.36. The van der Waals surface area contributed by atoms with Crippen LogP contribution in [0, 0.1) is 5.98 Å². The molecule has 0 N–H and O–H groups in total. The van der Waals surface area contributed by atoms with Crippen LogP contribution in [0.3, 0.4) is 0 Å². The van der Waals surface area contributed by atoms with Gasteiger partial charge in [-0.3, -0.25) is 0 Å². The van der Waals surface area contributed by atoms with Crippen LogP contribution in [0.1, 0.15) is 14.9 Å². The van der Waals surface area contributed by atoms with E-state index in [9.17, 15) is 0 Å². The van der Waals surface area contributed by atoms with Crippen LogP contribution in [-0.4, -0.2) is 7.28 Å². The van der Waals surface area contributed by atoms with E-state index in [1.54, 1.807) is 6.08 Å². The van der Waals surface area contributed by atoms with E-state index in [1.165, 1.54) is 0 Å². The van der Waals surface area contributed by atoms with Crippen molar-refractivity contribution < 1.29 is 0 Å². The topological polar surface area (TPSA) is 0 Å². The Kier molecular flexibility index (Phi) is 31.5. The molecule has 0 heterocycles. The third-order valence-electron chi connectivity index (χ3n) is 0.573. The Hall–Kier alpha value is -0.545. The Morgan fingerprint density at radius 1 is 1.50 bits per heavy atom. The van der Waals surface area contributed by atoms with E-state index in [0.717, 1.165) is 0 Å². The van der Waals surface area contributed by atoms with E-state index >= 15 is 0 Å². The molecule has 0 aromatic rings. The molecule has 0 aromatic carbocycles. The lowest BCUT2D eigenvalue weighted by Crippen LogP contribution is -1.67. The van der Waals surface area contributed by atoms with Crippen molar-refractivity contribution in [3.05, 3.63) is 24.7 Å². The van der Waals surface area contributed by atoms with Crippen LogP contribution in [0.5, 0.6) is 0 Å². The molecular formula is C7H17B. The van der Waals surface area contributed by atoms with E-state index in [0.29, 0.717) is 0 Å². The minimum Gasteiger partial charge on any atom is -0.180 e. The second-order valence-electron chi connectivity index (χ2n) is 1.19. The molecule has 0 fully saturated rings. The molecule has 8 heavy (non-hydrogen) atoms. The summed E-state index contributed by atoms with van der Waals surface area (Å²) in [5.41, 5.74) is 0. The summed E-state index contributed by atoms with van der Waals surface area (Å²) in [6, 6.07) is 0. The lowest BCUT2D eigenvalue weighted by atomic mass is 9.83. The SMILES string of the molecule is C.C.C=CC=[C+][BH2-]C. The molecule has 0 atom stereocenters. The lowest BCUT2D eigenvalue weighted by Gasteiger charge is -1.62. The Bertz CT molecular complexity index is 55.4. The first-order valence-electron chi connectivity index (χ1n) is 2.53. The summed E-state index contributed by atoms with van der Waals surface area (Å²) in [6.07, 6.45) is 3.63. The third-order valence-corrected chi connectivity index (χ3v) is 0.573. The van der Waals surface area contributed by atoms with Gasteiger partial charge in [-0.05, 0) is 6.58 Å². The maximum absolute atomic E-state index is 3.50. The van der Waals surface area contributed by atoms with Gasteiger partial charge in [0.15, 0.2) is 0 Å². The first-order chi connectivity index (χ1) is 2.91. The number of hydrogen-bond acceptors (Lipinski definition) is 0. The number of allylic oxidation sites excluding steroid dienone is 2. The predicted octanol–water partition coefficient (Wildman–Crippen LogP) is 1.98. The summed E-state index contributed by atoms with van der Waals surface area (Å²) < 4.78 is 0. The van der Waals surface area contributed by atoms with Crippen molar-refractivity contribution in [2.24, 2.45) is 0 Å². The summed E-state index contributed by atoms with van der Waals surface area (Å²) >= 11 is 0. The van der Waals surface area contributed by atoms with Crippen LogP contribution in [0.15, 0.2) is 18.7 Å². The Labute approximate surface area is 54.5 Å². The quantitative estimate of drug-likeness (QED) is 0.291. The van der Waals surface area contributed by atoms with Gasteiger partial charge in [-0.2, -0.15) is 12.8 Å². The molecule has 0 rings (SSSR count). The van der Waals surface area contributed by atoms with Crippen molar-refractivity contribution >= 4 is 7.28 Å². The van der Waals surface area contributed by atoms with Gasteiger partial charge in [0, 0.05) is 0 Å². The van der Waals surface area contributed by atoms with Gasteiger partial charge < -0.3 is 0 Å². The molecule has 0 aromatic heterocycles. The summed E-state index contributed by atoms with van der Waals surface area (Å²) in [5, 5.41) is 0. The highest BCUT2D eigenvalue weighted by Gasteiger charge is 1.62. The number of hydrogen-bond donors (Lipinski definition) is 0. The van der Waals surface area contributed by atoms with Crippen molar-refractivity contribution in [1.82, 2.24) is 0 Å². The molecule has 0 saturated heterocycles. The van der Waals surface area contributed by atoms with E-state index in [1.807, 2.05) is 6.08 Å². The van der Waals surface area contributed by atoms with E-state index in [-0.39, 0.29) is 22.1 Å². The van der Waals surface area contributed by atoms with Crippen LogP contribution in [0.2, 0.25) is 6.82 Å². The van der Waals surface area contributed by atoms with Gasteiger partial charge in [0.1, 0.15) is 13.4 Å². The second kappa shape index (κ2) is 16.1. The maximum atomic E-state index is 3.50. The molecule has 0 aliphatic rings. The standard InChI is InChI=1S/C5H9B.2CH4/c1-3-4-5-6-2;;/h3-4H,1,6H2,2H3;2*1H4. The summed E-state index contributed by atoms with van der Waals surface area (Å²) in [7, 11) is 0.121. The second-order valence-corrected chi connectivity index (χ2v) is 1.19. The van der Waals surface area contributed by atoms with Gasteiger partial charge >= 0.3 is 0 Å². The van der Waals surface area contributed by atoms with Crippen LogP contribution in [0.4, 0.5) is 0 Å². The van der Waals surface area contributed by atoms with Gasteiger partial charge in [0.05, 0.1) is 6.08 Å². The highest BCUT2D eigenvalue weighted by atomic mass is 13.5. The van der Waals surface area contributed by atoms with Gasteiger partial charge in [-0.25, -0.2) is 0 Å². The molecule has 0 unspecified atom stereocenters. The van der Waals surface area contributed by atoms with Crippen molar-refractivity contribution in [3.63, 3.8) is 0 Å². The fraction of sp³-hybridized carbons (Fsp3) is 0.429. The molecule has 0 aliphatic heterocycles. The monoisotopic (exact) mass is 112 g/mol. The zero-order valence-corrected chi connectivity index (χ0v) is 4.36. The van der Waals surface area contributed by atoms with Gasteiger partial charge in [-0.1, -0.05) is 14.9 Å². The van der Waals surface area contributed by atoms with Crippen molar-refractivity contribution in [3.8, 4) is 0 Å². The average Bonchev–Trinajstić information content (AvgIpc) is 1.61. The average molecular weight is 112 g/mol. The van der Waals surface area contributed by atoms with Crippen molar-refractivity contribution in [2.45, 2.75) is 21.7 Å². The number of rotatable bonds is 2. The van der Waals surface area contributed by atoms with Crippen LogP contribution < -0.4 is 0 Å². The molecule has 0 radical (unpaired) electrons. The zero-order chi connectivity index (χ0) is 4.83. The fourth-order valence-corrected chi connectivity index (χ4v) is 0.285. The van der Waals surface area contributed by atoms with Gasteiger partial charge in [0.25, 0.3) is 0 Å². The van der Waals surface area contributed by atoms with Crippen LogP contribution >= 0.6 is 0 Å². The molecule has 0 aliphatic carbocycles. The molecule has 1 heteroatoms. The normalized spacial score (nSPS) is 6.12. The molecule has 0 amide bonds. The lowest BCUT2D eigenvalue weighted by molar-refractivity contribution is 2.02. The van der Waals surface area contributed by atoms with Crippen molar-refractivity contribution in [1.29, 1.82) is 0 Å². The minimum absolute atomic E-state index is 0. The van der Waals surface area contributed by atoms with Crippen molar-refractivity contribution in [2.75, 3.05) is 0 Å². The minimum atomic E-state index is 0. The van der Waals surface area contributed by atoms with Gasteiger partial charge in [-0.15, -0.1) is 0 Å². The maximum Gasteiger partial charge on any atom is 0.147 e. The molecule has 0 nitrogen and oxygen atoms in total. The summed E-state index contributed by atoms with van der Waals surface area (Å²) in [4.78, 5) is 0. The van der Waals surface area contributed by atoms with E-state index in [2.05, 4.69) is 19.4 Å². The molecule has 0 spiro atoms. The molecular weight excluding hydrogens is 94.9 g/mol.